The van der Waals surface area contributed by atoms with Crippen molar-refractivity contribution in [3.63, 3.8) is 0 Å². The average molecular weight is 1640 g/mol. The Morgan fingerprint density at radius 2 is 0.647 bits per heavy atom. The van der Waals surface area contributed by atoms with Crippen molar-refractivity contribution in [2.75, 3.05) is 89.0 Å². The van der Waals surface area contributed by atoms with Gasteiger partial charge in [0.25, 0.3) is 35.4 Å². The molecule has 30 heteroatoms. The Bertz CT molecular complexity index is 1950. The highest BCUT2D eigenvalue weighted by atomic mass is 127. The lowest BCUT2D eigenvalue weighted by Gasteiger charge is -2.30. The molecule has 0 bridgehead atoms. The lowest BCUT2D eigenvalue weighted by atomic mass is 10.1. The highest BCUT2D eigenvalue weighted by molar-refractivity contribution is 14.1. The van der Waals surface area contributed by atoms with Crippen molar-refractivity contribution < 1.29 is 89.3 Å². The number of hydrogen-bond donors (Lipinski definition) is 14. The van der Waals surface area contributed by atoms with Crippen LogP contribution in [-0.4, -0.2) is 189 Å². The number of rotatable bonds is 25. The molecule has 4 unspecified atom stereocenters. The summed E-state index contributed by atoms with van der Waals surface area (Å²) in [5, 5.41) is 109. The van der Waals surface area contributed by atoms with Crippen LogP contribution in [0, 0.1) is 21.4 Å². The fraction of sp³-hybridized carbons (Fsp3) is 0.526. The first kappa shape index (κ1) is 63.3. The number of benzene rings is 2. The van der Waals surface area contributed by atoms with Gasteiger partial charge in [-0.2, -0.15) is 0 Å². The summed E-state index contributed by atoms with van der Waals surface area (Å²) in [5.74, 6) is -5.65. The first-order valence-electron chi connectivity index (χ1n) is 19.5. The molecule has 0 spiro atoms. The summed E-state index contributed by atoms with van der Waals surface area (Å²) < 4.78 is 11.7. The van der Waals surface area contributed by atoms with E-state index < -0.39 is 98.0 Å². The predicted octanol–water partition coefficient (Wildman–Crippen LogP) is -1.58. The number of aliphatic hydroxyl groups is 10. The largest absolute Gasteiger partial charge is 0.391 e. The fourth-order valence-corrected chi connectivity index (χ4v) is 14.9. The number of nitrogens with zero attached hydrogens (tertiary/aromatic N) is 2. The van der Waals surface area contributed by atoms with E-state index in [1.807, 2.05) is 0 Å². The van der Waals surface area contributed by atoms with Crippen LogP contribution in [0.1, 0.15) is 69.1 Å². The normalized spacial score (nSPS) is 14.9. The van der Waals surface area contributed by atoms with Gasteiger partial charge in [0.05, 0.1) is 101 Å². The molecule has 2 aromatic carbocycles. The average Bonchev–Trinajstić information content (AvgIpc) is 3.24. The van der Waals surface area contributed by atoms with E-state index >= 15 is 0 Å². The van der Waals surface area contributed by atoms with Gasteiger partial charge in [0.1, 0.15) is 13.2 Å². The zero-order chi connectivity index (χ0) is 52.3. The number of amides is 6. The molecule has 6 amide bonds. The minimum atomic E-state index is -2.12. The van der Waals surface area contributed by atoms with Gasteiger partial charge in [0.2, 0.25) is 0 Å². The first-order chi connectivity index (χ1) is 31.4. The van der Waals surface area contributed by atoms with Crippen molar-refractivity contribution >= 4 is 182 Å². The van der Waals surface area contributed by atoms with E-state index in [1.54, 1.807) is 136 Å². The number of carbonyl (C=O) groups is 6. The van der Waals surface area contributed by atoms with E-state index in [9.17, 15) is 79.8 Å². The molecule has 2 rings (SSSR count). The smallest absolute Gasteiger partial charge is 0.255 e. The Balaban J connectivity index is 2.46. The predicted molar refractivity (Wildman–Crippen MR) is 290 cm³/mol. The Morgan fingerprint density at radius 3 is 0.838 bits per heavy atom. The van der Waals surface area contributed by atoms with Crippen LogP contribution in [0.3, 0.4) is 0 Å². The molecule has 0 aromatic heterocycles. The van der Waals surface area contributed by atoms with Crippen molar-refractivity contribution in [2.24, 2.45) is 0 Å². The molecule has 4 atom stereocenters. The van der Waals surface area contributed by atoms with E-state index in [1.165, 1.54) is 0 Å². The quantitative estimate of drug-likeness (QED) is 0.0303. The summed E-state index contributed by atoms with van der Waals surface area (Å²) >= 11 is 10.4. The second-order valence-electron chi connectivity index (χ2n) is 15.3. The zero-order valence-corrected chi connectivity index (χ0v) is 49.3. The highest BCUT2D eigenvalue weighted by Crippen LogP contribution is 2.40. The first-order valence-corrected chi connectivity index (χ1v) is 25.9. The van der Waals surface area contributed by atoms with Crippen LogP contribution in [0.2, 0.25) is 0 Å². The van der Waals surface area contributed by atoms with Gasteiger partial charge in [-0.1, -0.05) is 0 Å². The SMILES string of the molecule is CC(O)(CO)NC(=O)c1c(I)c(C(=O)NC(C)(O)CO)c(I)c(N(CCOCCOCCN(C(=O)CO)c2c(I)c(C(=O)NC(C)(O)CO)c(I)c(C(=O)NC(C)(O)CO)c2I)C(=O)CO)c1I. The minimum Gasteiger partial charge on any atom is -0.391 e. The molecule has 0 saturated carbocycles. The maximum Gasteiger partial charge on any atom is 0.255 e. The summed E-state index contributed by atoms with van der Waals surface area (Å²) in [5.41, 5.74) is -9.43. The fourth-order valence-electron chi connectivity index (χ4n) is 5.49. The topological polar surface area (TPSA) is 378 Å². The summed E-state index contributed by atoms with van der Waals surface area (Å²) in [4.78, 5) is 83.1. The van der Waals surface area contributed by atoms with Gasteiger partial charge in [-0.3, -0.25) is 28.8 Å². The Hall–Kier alpha value is -0.840. The van der Waals surface area contributed by atoms with Gasteiger partial charge >= 0.3 is 0 Å². The molecule has 0 aliphatic carbocycles. The van der Waals surface area contributed by atoms with Crippen molar-refractivity contribution in [1.29, 1.82) is 0 Å². The molecular weight excluding hydrogens is 1590 g/mol. The molecule has 68 heavy (non-hydrogen) atoms. The van der Waals surface area contributed by atoms with Gasteiger partial charge in [-0.25, -0.2) is 0 Å². The van der Waals surface area contributed by atoms with Crippen molar-refractivity contribution in [2.45, 2.75) is 50.6 Å². The second-order valence-corrected chi connectivity index (χ2v) is 21.7. The highest BCUT2D eigenvalue weighted by Gasteiger charge is 2.37. The number of halogens is 6. The van der Waals surface area contributed by atoms with Crippen LogP contribution in [0.15, 0.2) is 0 Å². The monoisotopic (exact) mass is 1640 g/mol. The minimum absolute atomic E-state index is 0.00425. The van der Waals surface area contributed by atoms with E-state index in [0.717, 1.165) is 37.5 Å². The van der Waals surface area contributed by atoms with E-state index in [0.29, 0.717) is 0 Å². The third-order valence-corrected chi connectivity index (χ3v) is 15.3. The van der Waals surface area contributed by atoms with Crippen LogP contribution in [-0.2, 0) is 19.1 Å². The maximum absolute atomic E-state index is 13.6. The Labute approximate surface area is 470 Å². The van der Waals surface area contributed by atoms with E-state index in [4.69, 9.17) is 9.47 Å². The van der Waals surface area contributed by atoms with Crippen LogP contribution < -0.4 is 31.1 Å². The summed E-state index contributed by atoms with van der Waals surface area (Å²) in [6.45, 7) is -2.48. The molecular formula is C38H50I6N6O18. The molecule has 0 saturated heterocycles. The van der Waals surface area contributed by atoms with Crippen LogP contribution in [0.25, 0.3) is 0 Å². The van der Waals surface area contributed by atoms with Crippen LogP contribution >= 0.6 is 136 Å². The van der Waals surface area contributed by atoms with E-state index in [-0.39, 0.29) is 94.6 Å². The standard InChI is InChI=1S/C38H50I6N6O18/c1-35(63,13-53)45-31(59)19-23(39)20(32(60)46-36(2,64)14-54)26(42)29(25(19)41)49(17(57)11-51)5-7-67-9-10-68-8-6-50(18(58)12-52)30-27(43)21(33(61)47-37(3,65)15-55)24(40)22(28(30)44)34(62)48-38(4,66)16-56/h51-56,63-66H,5-16H2,1-4H3,(H,45,59)(H,46,60)(H,47,61)(H,48,62). The summed E-state index contributed by atoms with van der Waals surface area (Å²) in [7, 11) is 0. The molecule has 0 fully saturated rings. The van der Waals surface area contributed by atoms with Crippen molar-refractivity contribution in [1.82, 2.24) is 21.3 Å². The van der Waals surface area contributed by atoms with E-state index in [2.05, 4.69) is 21.3 Å². The zero-order valence-electron chi connectivity index (χ0n) is 36.4. The van der Waals surface area contributed by atoms with Crippen LogP contribution in [0.4, 0.5) is 11.4 Å². The number of carbonyl (C=O) groups excluding carboxylic acids is 6. The Kier molecular flexibility index (Phi) is 25.5. The molecule has 14 N–H and O–H groups in total. The number of aliphatic hydroxyl groups excluding tert-OH is 6. The number of anilines is 2. The van der Waals surface area contributed by atoms with Gasteiger partial charge < -0.3 is 91.6 Å². The van der Waals surface area contributed by atoms with Gasteiger partial charge in [0, 0.05) is 20.2 Å². The molecule has 0 radical (unpaired) electrons. The molecule has 0 heterocycles. The molecule has 0 aliphatic heterocycles. The van der Waals surface area contributed by atoms with Gasteiger partial charge in [-0.15, -0.1) is 0 Å². The molecule has 2 aromatic rings. The third-order valence-electron chi connectivity index (χ3n) is 8.96. The second kappa shape index (κ2) is 27.4. The summed E-state index contributed by atoms with van der Waals surface area (Å²) in [6, 6.07) is 0. The van der Waals surface area contributed by atoms with Crippen molar-refractivity contribution in [3.8, 4) is 0 Å². The molecule has 382 valence electrons. The molecule has 24 nitrogen and oxygen atoms in total. The van der Waals surface area contributed by atoms with Gasteiger partial charge in [-0.05, 0) is 163 Å². The van der Waals surface area contributed by atoms with Gasteiger partial charge in [0.15, 0.2) is 22.9 Å². The third kappa shape index (κ3) is 16.9. The molecule has 0 aliphatic rings. The maximum atomic E-state index is 13.6. The lowest BCUT2D eigenvalue weighted by Crippen LogP contribution is -2.50. The summed E-state index contributed by atoms with van der Waals surface area (Å²) in [6.07, 6.45) is 0. The Morgan fingerprint density at radius 1 is 0.426 bits per heavy atom. The number of nitrogens with one attached hydrogen (secondary N) is 4. The lowest BCUT2D eigenvalue weighted by molar-refractivity contribution is -0.122. The number of hydrogen-bond acceptors (Lipinski definition) is 18. The number of ether oxygens (including phenoxy) is 2. The van der Waals surface area contributed by atoms with Crippen LogP contribution in [0.5, 0.6) is 0 Å². The van der Waals surface area contributed by atoms with Crippen molar-refractivity contribution in [3.05, 3.63) is 43.7 Å².